The molecular weight excluding hydrogens is 268 g/mol. The lowest BCUT2D eigenvalue weighted by atomic mass is 10.1. The molecule has 0 bridgehead atoms. The largest absolute Gasteiger partial charge is 0.484 e. The second kappa shape index (κ2) is 7.09. The molecule has 0 heterocycles. The number of carbonyl (C=O) groups excluding carboxylic acids is 2. The van der Waals surface area contributed by atoms with Crippen molar-refractivity contribution in [3.8, 4) is 5.75 Å². The zero-order valence-corrected chi connectivity index (χ0v) is 11.4. The van der Waals surface area contributed by atoms with Gasteiger partial charge in [-0.1, -0.05) is 48.5 Å². The smallest absolute Gasteiger partial charge is 0.258 e. The van der Waals surface area contributed by atoms with Gasteiger partial charge < -0.3 is 15.8 Å². The van der Waals surface area contributed by atoms with Gasteiger partial charge in [0.15, 0.2) is 6.61 Å². The molecular formula is C16H16N2O3. The van der Waals surface area contributed by atoms with Gasteiger partial charge in [0.05, 0.1) is 0 Å². The molecule has 0 aliphatic heterocycles. The van der Waals surface area contributed by atoms with Gasteiger partial charge in [0.25, 0.3) is 5.91 Å². The number of para-hydroxylation sites is 1. The van der Waals surface area contributed by atoms with Gasteiger partial charge in [0.1, 0.15) is 11.8 Å². The first-order valence-corrected chi connectivity index (χ1v) is 6.48. The molecule has 0 fully saturated rings. The maximum absolute atomic E-state index is 11.9. The molecule has 0 radical (unpaired) electrons. The van der Waals surface area contributed by atoms with E-state index in [-0.39, 0.29) is 6.61 Å². The van der Waals surface area contributed by atoms with Crippen LogP contribution in [0.5, 0.6) is 5.75 Å². The van der Waals surface area contributed by atoms with Crippen molar-refractivity contribution in [2.24, 2.45) is 5.73 Å². The fourth-order valence-corrected chi connectivity index (χ4v) is 1.83. The monoisotopic (exact) mass is 284 g/mol. The van der Waals surface area contributed by atoms with Gasteiger partial charge in [-0.3, -0.25) is 9.59 Å². The summed E-state index contributed by atoms with van der Waals surface area (Å²) in [7, 11) is 0. The molecule has 0 saturated carbocycles. The third-order valence-corrected chi connectivity index (χ3v) is 2.84. The number of amides is 2. The van der Waals surface area contributed by atoms with E-state index in [1.165, 1.54) is 0 Å². The average molecular weight is 284 g/mol. The normalized spacial score (nSPS) is 11.4. The number of hydrogen-bond acceptors (Lipinski definition) is 3. The molecule has 2 aromatic rings. The van der Waals surface area contributed by atoms with Gasteiger partial charge >= 0.3 is 0 Å². The standard InChI is InChI=1S/C16H16N2O3/c17-16(20)15(12-7-3-1-4-8-12)18-14(19)11-21-13-9-5-2-6-10-13/h1-10,15H,11H2,(H2,17,20)(H,18,19)/t15-/m1/s1. The second-order valence-corrected chi connectivity index (χ2v) is 4.42. The van der Waals surface area contributed by atoms with Crippen molar-refractivity contribution in [1.29, 1.82) is 0 Å². The highest BCUT2D eigenvalue weighted by Gasteiger charge is 2.19. The predicted molar refractivity (Wildman–Crippen MR) is 78.5 cm³/mol. The Morgan fingerprint density at radius 2 is 1.57 bits per heavy atom. The Morgan fingerprint density at radius 3 is 2.14 bits per heavy atom. The van der Waals surface area contributed by atoms with Crippen molar-refractivity contribution in [1.82, 2.24) is 5.32 Å². The first-order chi connectivity index (χ1) is 10.2. The highest BCUT2D eigenvalue weighted by Crippen LogP contribution is 2.12. The van der Waals surface area contributed by atoms with Crippen molar-refractivity contribution in [3.05, 3.63) is 66.2 Å². The van der Waals surface area contributed by atoms with Gasteiger partial charge in [-0.25, -0.2) is 0 Å². The Morgan fingerprint density at radius 1 is 1.00 bits per heavy atom. The van der Waals surface area contributed by atoms with Crippen LogP contribution in [0.3, 0.4) is 0 Å². The summed E-state index contributed by atoms with van der Waals surface area (Å²) in [4.78, 5) is 23.3. The topological polar surface area (TPSA) is 81.4 Å². The van der Waals surface area contributed by atoms with Gasteiger partial charge in [0, 0.05) is 0 Å². The second-order valence-electron chi connectivity index (χ2n) is 4.42. The number of carbonyl (C=O) groups is 2. The van der Waals surface area contributed by atoms with Crippen molar-refractivity contribution in [2.45, 2.75) is 6.04 Å². The molecule has 2 rings (SSSR count). The number of nitrogens with one attached hydrogen (secondary N) is 1. The number of hydrogen-bond donors (Lipinski definition) is 2. The zero-order chi connectivity index (χ0) is 15.1. The Kier molecular flexibility index (Phi) is 4.93. The number of ether oxygens (including phenoxy) is 1. The molecule has 0 unspecified atom stereocenters. The van der Waals surface area contributed by atoms with E-state index >= 15 is 0 Å². The summed E-state index contributed by atoms with van der Waals surface area (Å²) in [5, 5.41) is 2.56. The highest BCUT2D eigenvalue weighted by molar-refractivity contribution is 5.88. The van der Waals surface area contributed by atoms with E-state index in [0.29, 0.717) is 11.3 Å². The summed E-state index contributed by atoms with van der Waals surface area (Å²) in [6.07, 6.45) is 0. The summed E-state index contributed by atoms with van der Waals surface area (Å²) in [5.41, 5.74) is 5.97. The van der Waals surface area contributed by atoms with Crippen LogP contribution < -0.4 is 15.8 Å². The molecule has 3 N–H and O–H groups in total. The van der Waals surface area contributed by atoms with E-state index in [1.807, 2.05) is 24.3 Å². The van der Waals surface area contributed by atoms with Gasteiger partial charge in [0.2, 0.25) is 5.91 Å². The van der Waals surface area contributed by atoms with E-state index in [4.69, 9.17) is 10.5 Å². The molecule has 2 aromatic carbocycles. The van der Waals surface area contributed by atoms with Crippen LogP contribution in [-0.4, -0.2) is 18.4 Å². The van der Waals surface area contributed by atoms with Crippen LogP contribution in [0.15, 0.2) is 60.7 Å². The molecule has 21 heavy (non-hydrogen) atoms. The lowest BCUT2D eigenvalue weighted by Gasteiger charge is -2.16. The minimum Gasteiger partial charge on any atom is -0.484 e. The zero-order valence-electron chi connectivity index (χ0n) is 11.4. The number of nitrogens with two attached hydrogens (primary N) is 1. The SMILES string of the molecule is NC(=O)[C@H](NC(=O)COc1ccccc1)c1ccccc1. The predicted octanol–water partition coefficient (Wildman–Crippen LogP) is 1.41. The van der Waals surface area contributed by atoms with Crippen molar-refractivity contribution < 1.29 is 14.3 Å². The van der Waals surface area contributed by atoms with Crippen molar-refractivity contribution in [3.63, 3.8) is 0 Å². The fraction of sp³-hybridized carbons (Fsp3) is 0.125. The van der Waals surface area contributed by atoms with Crippen LogP contribution in [0.1, 0.15) is 11.6 Å². The van der Waals surface area contributed by atoms with Crippen LogP contribution in [0.4, 0.5) is 0 Å². The van der Waals surface area contributed by atoms with E-state index in [0.717, 1.165) is 0 Å². The molecule has 0 aliphatic carbocycles. The molecule has 0 saturated heterocycles. The molecule has 2 amide bonds. The third kappa shape index (κ3) is 4.35. The van der Waals surface area contributed by atoms with Crippen LogP contribution in [0, 0.1) is 0 Å². The summed E-state index contributed by atoms with van der Waals surface area (Å²) < 4.78 is 5.32. The molecule has 0 aliphatic rings. The number of rotatable bonds is 6. The third-order valence-electron chi connectivity index (χ3n) is 2.84. The first-order valence-electron chi connectivity index (χ1n) is 6.48. The lowest BCUT2D eigenvalue weighted by molar-refractivity contribution is -0.128. The molecule has 5 nitrogen and oxygen atoms in total. The van der Waals surface area contributed by atoms with Crippen LogP contribution >= 0.6 is 0 Å². The summed E-state index contributed by atoms with van der Waals surface area (Å²) >= 11 is 0. The maximum Gasteiger partial charge on any atom is 0.258 e. The van der Waals surface area contributed by atoms with E-state index in [2.05, 4.69) is 5.32 Å². The van der Waals surface area contributed by atoms with Gasteiger partial charge in [-0.2, -0.15) is 0 Å². The summed E-state index contributed by atoms with van der Waals surface area (Å²) in [6.45, 7) is -0.180. The van der Waals surface area contributed by atoms with E-state index < -0.39 is 17.9 Å². The number of primary amides is 1. The minimum absolute atomic E-state index is 0.180. The summed E-state index contributed by atoms with van der Waals surface area (Å²) in [5.74, 6) is -0.441. The van der Waals surface area contributed by atoms with E-state index in [9.17, 15) is 9.59 Å². The number of benzene rings is 2. The Balaban J connectivity index is 1.95. The van der Waals surface area contributed by atoms with Crippen molar-refractivity contribution >= 4 is 11.8 Å². The van der Waals surface area contributed by atoms with Gasteiger partial charge in [-0.05, 0) is 17.7 Å². The van der Waals surface area contributed by atoms with Crippen LogP contribution in [-0.2, 0) is 9.59 Å². The maximum atomic E-state index is 11.9. The Labute approximate surface area is 122 Å². The molecule has 5 heteroatoms. The lowest BCUT2D eigenvalue weighted by Crippen LogP contribution is -2.39. The Hall–Kier alpha value is -2.82. The molecule has 0 aromatic heterocycles. The van der Waals surface area contributed by atoms with Gasteiger partial charge in [-0.15, -0.1) is 0 Å². The Bertz CT molecular complexity index is 599. The quantitative estimate of drug-likeness (QED) is 0.841. The van der Waals surface area contributed by atoms with Crippen molar-refractivity contribution in [2.75, 3.05) is 6.61 Å². The molecule has 1 atom stereocenters. The summed E-state index contributed by atoms with van der Waals surface area (Å²) in [6, 6.07) is 16.9. The van der Waals surface area contributed by atoms with Crippen LogP contribution in [0.25, 0.3) is 0 Å². The molecule has 108 valence electrons. The van der Waals surface area contributed by atoms with E-state index in [1.54, 1.807) is 36.4 Å². The van der Waals surface area contributed by atoms with Crippen LogP contribution in [0.2, 0.25) is 0 Å². The average Bonchev–Trinajstić information content (AvgIpc) is 2.52. The minimum atomic E-state index is -0.863. The first kappa shape index (κ1) is 14.6. The molecule has 0 spiro atoms. The highest BCUT2D eigenvalue weighted by atomic mass is 16.5. The fourth-order valence-electron chi connectivity index (χ4n) is 1.83.